The number of H-pyrrole nitrogens is 1. The first-order valence-corrected chi connectivity index (χ1v) is 11.1. The van der Waals surface area contributed by atoms with Crippen LogP contribution in [0.3, 0.4) is 0 Å². The van der Waals surface area contributed by atoms with Crippen LogP contribution in [-0.4, -0.2) is 23.4 Å². The number of nitrogens with two attached hydrogens (primary N) is 1. The maximum atomic E-state index is 14.2. The van der Waals surface area contributed by atoms with Crippen molar-refractivity contribution in [2.75, 3.05) is 5.32 Å². The highest BCUT2D eigenvalue weighted by Gasteiger charge is 2.23. The molecule has 10 heteroatoms. The smallest absolute Gasteiger partial charge is 0.248 e. The van der Waals surface area contributed by atoms with Crippen molar-refractivity contribution in [3.8, 4) is 11.6 Å². The Morgan fingerprint density at radius 2 is 1.77 bits per heavy atom. The summed E-state index contributed by atoms with van der Waals surface area (Å²) in [5.41, 5.74) is 2.18. The van der Waals surface area contributed by atoms with Crippen LogP contribution in [-0.2, 0) is 10.0 Å². The Morgan fingerprint density at radius 1 is 1.06 bits per heavy atom. The Hall–Kier alpha value is -3.50. The van der Waals surface area contributed by atoms with E-state index < -0.39 is 15.8 Å². The van der Waals surface area contributed by atoms with Gasteiger partial charge in [-0.1, -0.05) is 12.1 Å². The number of nitrogens with one attached hydrogen (secondary N) is 2. The molecule has 0 aliphatic heterocycles. The second-order valence-corrected chi connectivity index (χ2v) is 8.91. The van der Waals surface area contributed by atoms with Gasteiger partial charge in [0.25, 0.3) is 0 Å². The number of rotatable bonds is 6. The summed E-state index contributed by atoms with van der Waals surface area (Å²) in [4.78, 5) is 11.3. The summed E-state index contributed by atoms with van der Waals surface area (Å²) < 4.78 is 43.0. The second-order valence-electron chi connectivity index (χ2n) is 7.35. The van der Waals surface area contributed by atoms with Crippen molar-refractivity contribution < 1.29 is 17.5 Å². The van der Waals surface area contributed by atoms with Crippen LogP contribution in [0, 0.1) is 5.82 Å². The van der Waals surface area contributed by atoms with Gasteiger partial charge in [0, 0.05) is 11.9 Å². The number of ether oxygens (including phenoxy) is 1. The minimum atomic E-state index is -3.80. The Labute approximate surface area is 177 Å². The maximum absolute atomic E-state index is 14.2. The fourth-order valence-electron chi connectivity index (χ4n) is 3.27. The third-order valence-electron chi connectivity index (χ3n) is 5.03. The minimum Gasteiger partial charge on any atom is -0.437 e. The molecule has 1 saturated carbocycles. The van der Waals surface area contributed by atoms with E-state index in [9.17, 15) is 12.8 Å². The van der Waals surface area contributed by atoms with Gasteiger partial charge < -0.3 is 15.0 Å². The number of halogens is 1. The van der Waals surface area contributed by atoms with Gasteiger partial charge in [0.05, 0.1) is 4.90 Å². The van der Waals surface area contributed by atoms with E-state index in [2.05, 4.69) is 20.3 Å². The van der Waals surface area contributed by atoms with Crippen LogP contribution in [0.25, 0.3) is 11.0 Å². The average molecular weight is 439 g/mol. The van der Waals surface area contributed by atoms with Crippen molar-refractivity contribution in [1.82, 2.24) is 15.0 Å². The molecule has 158 valence electrons. The number of anilines is 2. The number of nitrogens with zero attached hydrogens (tertiary/aromatic N) is 2. The lowest BCUT2D eigenvalue weighted by Gasteiger charge is -2.10. The quantitative estimate of drug-likeness (QED) is 0.415. The molecule has 8 nitrogen and oxygen atoms in total. The molecule has 31 heavy (non-hydrogen) atoms. The molecular formula is C21H18FN5O3S. The molecule has 1 aliphatic rings. The SMILES string of the molecule is NS(=O)(=O)c1ccc(Nc2nc(Oc3ccc(C4CC4)cc3)c3[nH]cc(F)c3n2)cc1. The van der Waals surface area contributed by atoms with Crippen molar-refractivity contribution in [3.63, 3.8) is 0 Å². The van der Waals surface area contributed by atoms with Crippen molar-refractivity contribution in [2.45, 2.75) is 23.7 Å². The van der Waals surface area contributed by atoms with E-state index in [1.165, 1.54) is 48.9 Å². The number of benzene rings is 2. The predicted molar refractivity (Wildman–Crippen MR) is 113 cm³/mol. The van der Waals surface area contributed by atoms with Gasteiger partial charge in [-0.25, -0.2) is 22.9 Å². The van der Waals surface area contributed by atoms with E-state index in [4.69, 9.17) is 9.88 Å². The lowest BCUT2D eigenvalue weighted by Crippen LogP contribution is -2.11. The topological polar surface area (TPSA) is 123 Å². The van der Waals surface area contributed by atoms with E-state index in [1.54, 1.807) is 0 Å². The van der Waals surface area contributed by atoms with Crippen molar-refractivity contribution in [2.24, 2.45) is 5.14 Å². The number of primary sulfonamides is 1. The van der Waals surface area contributed by atoms with Gasteiger partial charge >= 0.3 is 0 Å². The van der Waals surface area contributed by atoms with Crippen molar-refractivity contribution >= 4 is 32.7 Å². The molecule has 0 bridgehead atoms. The molecule has 0 amide bonds. The van der Waals surface area contributed by atoms with Crippen LogP contribution in [0.4, 0.5) is 16.0 Å². The Morgan fingerprint density at radius 3 is 2.42 bits per heavy atom. The molecule has 2 aromatic heterocycles. The fraction of sp³-hybridized carbons (Fsp3) is 0.143. The summed E-state index contributed by atoms with van der Waals surface area (Å²) in [6, 6.07) is 13.5. The molecule has 1 fully saturated rings. The zero-order valence-electron chi connectivity index (χ0n) is 16.2. The highest BCUT2D eigenvalue weighted by atomic mass is 32.2. The van der Waals surface area contributed by atoms with Crippen LogP contribution in [0.5, 0.6) is 11.6 Å². The number of hydrogen-bond donors (Lipinski definition) is 3. The number of aromatic amines is 1. The lowest BCUT2D eigenvalue weighted by molar-refractivity contribution is 0.468. The van der Waals surface area contributed by atoms with Crippen LogP contribution in [0.1, 0.15) is 24.3 Å². The molecule has 1 aliphatic carbocycles. The van der Waals surface area contributed by atoms with Gasteiger partial charge in [0.1, 0.15) is 16.8 Å². The fourth-order valence-corrected chi connectivity index (χ4v) is 3.79. The van der Waals surface area contributed by atoms with Gasteiger partial charge in [-0.05, 0) is 60.7 Å². The van der Waals surface area contributed by atoms with Crippen LogP contribution in [0.15, 0.2) is 59.6 Å². The molecule has 2 heterocycles. The normalized spacial score (nSPS) is 14.0. The second kappa shape index (κ2) is 7.33. The number of sulfonamides is 1. The van der Waals surface area contributed by atoms with Crippen molar-refractivity contribution in [1.29, 1.82) is 0 Å². The molecule has 0 radical (unpaired) electrons. The number of fused-ring (bicyclic) bond motifs is 1. The van der Waals surface area contributed by atoms with Crippen LogP contribution in [0.2, 0.25) is 0 Å². The van der Waals surface area contributed by atoms with Gasteiger partial charge in [0.15, 0.2) is 5.82 Å². The van der Waals surface area contributed by atoms with Crippen LogP contribution >= 0.6 is 0 Å². The summed E-state index contributed by atoms with van der Waals surface area (Å²) in [6.07, 6.45) is 3.61. The first kappa shape index (κ1) is 19.5. The number of hydrogen-bond acceptors (Lipinski definition) is 6. The van der Waals surface area contributed by atoms with Crippen molar-refractivity contribution in [3.05, 3.63) is 66.1 Å². The molecule has 5 rings (SSSR count). The van der Waals surface area contributed by atoms with Crippen LogP contribution < -0.4 is 15.2 Å². The molecule has 4 aromatic rings. The molecule has 2 aromatic carbocycles. The maximum Gasteiger partial charge on any atom is 0.248 e. The van der Waals surface area contributed by atoms with Gasteiger partial charge in [-0.3, -0.25) is 0 Å². The molecule has 0 unspecified atom stereocenters. The molecule has 0 atom stereocenters. The average Bonchev–Trinajstić information content (AvgIpc) is 3.52. The van der Waals surface area contributed by atoms with E-state index in [1.807, 2.05) is 24.3 Å². The van der Waals surface area contributed by atoms with Gasteiger partial charge in [-0.15, -0.1) is 0 Å². The zero-order chi connectivity index (χ0) is 21.6. The van der Waals surface area contributed by atoms with Gasteiger partial charge in [-0.2, -0.15) is 4.98 Å². The first-order valence-electron chi connectivity index (χ1n) is 9.59. The van der Waals surface area contributed by atoms with E-state index in [-0.39, 0.29) is 22.2 Å². The Kier molecular flexibility index (Phi) is 4.60. The monoisotopic (exact) mass is 439 g/mol. The molecule has 0 spiro atoms. The highest BCUT2D eigenvalue weighted by molar-refractivity contribution is 7.89. The summed E-state index contributed by atoms with van der Waals surface area (Å²) in [5, 5.41) is 8.05. The molecule has 0 saturated heterocycles. The Bertz CT molecular complexity index is 1360. The zero-order valence-corrected chi connectivity index (χ0v) is 17.0. The predicted octanol–water partition coefficient (Wildman–Crippen LogP) is 4.16. The third-order valence-corrected chi connectivity index (χ3v) is 5.96. The summed E-state index contributed by atoms with van der Waals surface area (Å²) >= 11 is 0. The minimum absolute atomic E-state index is 0.0234. The van der Waals surface area contributed by atoms with E-state index >= 15 is 0 Å². The summed E-state index contributed by atoms with van der Waals surface area (Å²) in [5.74, 6) is 0.922. The largest absolute Gasteiger partial charge is 0.437 e. The highest BCUT2D eigenvalue weighted by Crippen LogP contribution is 2.40. The van der Waals surface area contributed by atoms with E-state index in [0.29, 0.717) is 22.9 Å². The van der Waals surface area contributed by atoms with Gasteiger partial charge in [0.2, 0.25) is 21.9 Å². The molecule has 4 N–H and O–H groups in total. The first-order chi connectivity index (χ1) is 14.9. The standard InChI is InChI=1S/C21H18FN5O3S/c22-17-11-24-19-18(17)26-21(25-14-5-9-16(10-6-14)31(23,28)29)27-20(19)30-15-7-3-13(4-8-15)12-1-2-12/h3-12,24H,1-2H2,(H2,23,28,29)(H,25,26,27). The lowest BCUT2D eigenvalue weighted by atomic mass is 10.1. The summed E-state index contributed by atoms with van der Waals surface area (Å²) in [7, 11) is -3.80. The van der Waals surface area contributed by atoms with E-state index in [0.717, 1.165) is 0 Å². The molecular weight excluding hydrogens is 421 g/mol. The number of aromatic nitrogens is 3. The Balaban J connectivity index is 1.45. The third kappa shape index (κ3) is 4.07. The summed E-state index contributed by atoms with van der Waals surface area (Å²) in [6.45, 7) is 0.